The Bertz CT molecular complexity index is 522. The third-order valence-corrected chi connectivity index (χ3v) is 5.59. The average Bonchev–Trinajstić information content (AvgIpc) is 2.71. The number of hydrogen-bond donors (Lipinski definition) is 1. The maximum absolute atomic E-state index is 3.57. The normalized spacial score (nSPS) is 12.5. The minimum atomic E-state index is 0.303. The molecular formula is C13H13Br2NS. The van der Waals surface area contributed by atoms with Crippen molar-refractivity contribution in [3.8, 4) is 0 Å². The predicted octanol–water partition coefficient (Wildman–Crippen LogP) is 5.75. The van der Waals surface area contributed by atoms with E-state index < -0.39 is 0 Å². The molecule has 0 aliphatic rings. The van der Waals surface area contributed by atoms with Gasteiger partial charge in [0.2, 0.25) is 0 Å². The molecule has 0 saturated carbocycles. The van der Waals surface area contributed by atoms with E-state index in [1.54, 1.807) is 11.3 Å². The van der Waals surface area contributed by atoms with Crippen LogP contribution < -0.4 is 5.32 Å². The van der Waals surface area contributed by atoms with Crippen LogP contribution in [-0.4, -0.2) is 0 Å². The zero-order valence-corrected chi connectivity index (χ0v) is 13.6. The second-order valence-electron chi connectivity index (χ2n) is 3.91. The topological polar surface area (TPSA) is 12.0 Å². The van der Waals surface area contributed by atoms with E-state index in [4.69, 9.17) is 0 Å². The fraction of sp³-hybridized carbons (Fsp3) is 0.231. The number of thiophene rings is 1. The largest absolute Gasteiger partial charge is 0.377 e. The number of hydrogen-bond acceptors (Lipinski definition) is 2. The smallest absolute Gasteiger partial charge is 0.0589 e. The first kappa shape index (κ1) is 13.1. The van der Waals surface area contributed by atoms with Crippen molar-refractivity contribution in [1.82, 2.24) is 0 Å². The lowest BCUT2D eigenvalue weighted by Gasteiger charge is -2.17. The second-order valence-corrected chi connectivity index (χ2v) is 6.57. The third-order valence-electron chi connectivity index (χ3n) is 2.68. The Hall–Kier alpha value is -0.320. The lowest BCUT2D eigenvalue weighted by Crippen LogP contribution is -2.06. The van der Waals surface area contributed by atoms with Gasteiger partial charge >= 0.3 is 0 Å². The SMILES string of the molecule is Cc1c(Br)cccc1NC(C)c1sccc1Br. The molecular weight excluding hydrogens is 362 g/mol. The molecule has 1 aromatic carbocycles. The van der Waals surface area contributed by atoms with Gasteiger partial charge in [0.15, 0.2) is 0 Å². The van der Waals surface area contributed by atoms with Crippen molar-refractivity contribution in [2.75, 3.05) is 5.32 Å². The summed E-state index contributed by atoms with van der Waals surface area (Å²) in [5.74, 6) is 0. The Labute approximate surface area is 123 Å². The number of halogens is 2. The maximum Gasteiger partial charge on any atom is 0.0589 e. The lowest BCUT2D eigenvalue weighted by molar-refractivity contribution is 0.900. The molecule has 0 bridgehead atoms. The highest BCUT2D eigenvalue weighted by Crippen LogP contribution is 2.32. The van der Waals surface area contributed by atoms with Gasteiger partial charge in [-0.1, -0.05) is 22.0 Å². The van der Waals surface area contributed by atoms with Crippen molar-refractivity contribution in [3.63, 3.8) is 0 Å². The molecule has 0 saturated heterocycles. The van der Waals surface area contributed by atoms with Crippen LogP contribution in [-0.2, 0) is 0 Å². The Morgan fingerprint density at radius 1 is 1.18 bits per heavy atom. The standard InChI is InChI=1S/C13H13Br2NS/c1-8-10(14)4-3-5-12(8)16-9(2)13-11(15)6-7-17-13/h3-7,9,16H,1-2H3. The second kappa shape index (κ2) is 5.55. The molecule has 1 atom stereocenters. The van der Waals surface area contributed by atoms with E-state index in [0.29, 0.717) is 6.04 Å². The number of anilines is 1. The van der Waals surface area contributed by atoms with Gasteiger partial charge in [0.05, 0.1) is 6.04 Å². The van der Waals surface area contributed by atoms with E-state index >= 15 is 0 Å². The molecule has 2 rings (SSSR count). The van der Waals surface area contributed by atoms with Gasteiger partial charge in [-0.3, -0.25) is 0 Å². The first-order chi connectivity index (χ1) is 8.09. The maximum atomic E-state index is 3.57. The molecule has 1 aromatic heterocycles. The van der Waals surface area contributed by atoms with Crippen LogP contribution in [0.15, 0.2) is 38.6 Å². The van der Waals surface area contributed by atoms with Crippen LogP contribution in [0.4, 0.5) is 5.69 Å². The molecule has 2 aromatic rings. The minimum Gasteiger partial charge on any atom is -0.377 e. The Balaban J connectivity index is 2.22. The van der Waals surface area contributed by atoms with Crippen LogP contribution in [0.1, 0.15) is 23.4 Å². The van der Waals surface area contributed by atoms with Crippen molar-refractivity contribution in [1.29, 1.82) is 0 Å². The van der Waals surface area contributed by atoms with Crippen molar-refractivity contribution in [3.05, 3.63) is 49.0 Å². The van der Waals surface area contributed by atoms with Crippen LogP contribution in [0, 0.1) is 6.92 Å². The first-order valence-corrected chi connectivity index (χ1v) is 7.80. The zero-order chi connectivity index (χ0) is 12.4. The van der Waals surface area contributed by atoms with Gasteiger partial charge in [-0.25, -0.2) is 0 Å². The molecule has 0 spiro atoms. The Morgan fingerprint density at radius 3 is 2.59 bits per heavy atom. The highest BCUT2D eigenvalue weighted by atomic mass is 79.9. The monoisotopic (exact) mass is 373 g/mol. The number of rotatable bonds is 3. The van der Waals surface area contributed by atoms with E-state index in [9.17, 15) is 0 Å². The summed E-state index contributed by atoms with van der Waals surface area (Å²) in [6, 6.07) is 8.61. The fourth-order valence-electron chi connectivity index (χ4n) is 1.68. The molecule has 0 aliphatic carbocycles. The van der Waals surface area contributed by atoms with Crippen LogP contribution in [0.2, 0.25) is 0 Å². The summed E-state index contributed by atoms with van der Waals surface area (Å²) >= 11 is 8.89. The predicted molar refractivity (Wildman–Crippen MR) is 82.9 cm³/mol. The van der Waals surface area contributed by atoms with Crippen LogP contribution >= 0.6 is 43.2 Å². The van der Waals surface area contributed by atoms with Gasteiger partial charge < -0.3 is 5.32 Å². The summed E-state index contributed by atoms with van der Waals surface area (Å²) in [5.41, 5.74) is 2.42. The van der Waals surface area contributed by atoms with Crippen molar-refractivity contribution in [2.45, 2.75) is 19.9 Å². The molecule has 90 valence electrons. The zero-order valence-electron chi connectivity index (χ0n) is 9.63. The van der Waals surface area contributed by atoms with Crippen molar-refractivity contribution < 1.29 is 0 Å². The van der Waals surface area contributed by atoms with Gasteiger partial charge in [-0.15, -0.1) is 11.3 Å². The van der Waals surface area contributed by atoms with Gasteiger partial charge in [-0.2, -0.15) is 0 Å². The molecule has 1 unspecified atom stereocenters. The third kappa shape index (κ3) is 2.92. The molecule has 0 fully saturated rings. The first-order valence-electron chi connectivity index (χ1n) is 5.34. The molecule has 1 heterocycles. The Morgan fingerprint density at radius 2 is 1.94 bits per heavy atom. The van der Waals surface area contributed by atoms with Crippen molar-refractivity contribution >= 4 is 48.9 Å². The van der Waals surface area contributed by atoms with E-state index in [1.807, 2.05) is 0 Å². The molecule has 0 radical (unpaired) electrons. The summed E-state index contributed by atoms with van der Waals surface area (Å²) in [6.45, 7) is 4.29. The van der Waals surface area contributed by atoms with Gasteiger partial charge in [0.1, 0.15) is 0 Å². The fourth-order valence-corrected chi connectivity index (χ4v) is 3.77. The van der Waals surface area contributed by atoms with E-state index in [2.05, 4.69) is 80.7 Å². The quantitative estimate of drug-likeness (QED) is 0.720. The van der Waals surface area contributed by atoms with Crippen LogP contribution in [0.5, 0.6) is 0 Å². The molecule has 0 aliphatic heterocycles. The highest BCUT2D eigenvalue weighted by Gasteiger charge is 2.12. The van der Waals surface area contributed by atoms with E-state index in [1.165, 1.54) is 20.6 Å². The van der Waals surface area contributed by atoms with E-state index in [0.717, 1.165) is 4.47 Å². The molecule has 4 heteroatoms. The molecule has 0 amide bonds. The van der Waals surface area contributed by atoms with Crippen molar-refractivity contribution in [2.24, 2.45) is 0 Å². The van der Waals surface area contributed by atoms with Crippen LogP contribution in [0.25, 0.3) is 0 Å². The summed E-state index contributed by atoms with van der Waals surface area (Å²) in [4.78, 5) is 1.32. The number of nitrogens with one attached hydrogen (secondary N) is 1. The molecule has 17 heavy (non-hydrogen) atoms. The molecule has 1 N–H and O–H groups in total. The van der Waals surface area contributed by atoms with Crippen LogP contribution in [0.3, 0.4) is 0 Å². The summed E-state index contributed by atoms with van der Waals surface area (Å²) in [5, 5.41) is 5.65. The molecule has 1 nitrogen and oxygen atoms in total. The summed E-state index contributed by atoms with van der Waals surface area (Å²) in [7, 11) is 0. The summed E-state index contributed by atoms with van der Waals surface area (Å²) < 4.78 is 2.31. The van der Waals surface area contributed by atoms with Gasteiger partial charge in [-0.05, 0) is 58.9 Å². The average molecular weight is 375 g/mol. The van der Waals surface area contributed by atoms with Gasteiger partial charge in [0, 0.05) is 19.5 Å². The lowest BCUT2D eigenvalue weighted by atomic mass is 10.1. The summed E-state index contributed by atoms with van der Waals surface area (Å²) in [6.07, 6.45) is 0. The van der Waals surface area contributed by atoms with E-state index in [-0.39, 0.29) is 0 Å². The number of benzene rings is 1. The highest BCUT2D eigenvalue weighted by molar-refractivity contribution is 9.10. The Kier molecular flexibility index (Phi) is 4.28. The van der Waals surface area contributed by atoms with Gasteiger partial charge in [0.25, 0.3) is 0 Å². The minimum absolute atomic E-state index is 0.303.